The van der Waals surface area contributed by atoms with Crippen LogP contribution in [0.2, 0.25) is 0 Å². The minimum atomic E-state index is -4.43. The lowest BCUT2D eigenvalue weighted by atomic mass is 10.0. The van der Waals surface area contributed by atoms with E-state index in [1.165, 1.54) is 12.3 Å². The minimum absolute atomic E-state index is 0.0148. The van der Waals surface area contributed by atoms with E-state index < -0.39 is 17.8 Å². The maximum Gasteiger partial charge on any atom is 0.417 e. The van der Waals surface area contributed by atoms with Gasteiger partial charge >= 0.3 is 6.18 Å². The summed E-state index contributed by atoms with van der Waals surface area (Å²) in [7, 11) is 0. The molecule has 102 valence electrons. The Kier molecular flexibility index (Phi) is 3.98. The normalized spacial score (nSPS) is 13.5. The zero-order chi connectivity index (χ0) is 14.0. The first-order valence-corrected chi connectivity index (χ1v) is 6.09. The van der Waals surface area contributed by atoms with Gasteiger partial charge in [-0.1, -0.05) is 22.0 Å². The van der Waals surface area contributed by atoms with E-state index in [2.05, 4.69) is 21.4 Å². The average molecular weight is 335 g/mol. The van der Waals surface area contributed by atoms with Crippen molar-refractivity contribution in [2.75, 3.05) is 0 Å². The highest BCUT2D eigenvalue weighted by Gasteiger charge is 2.33. The lowest BCUT2D eigenvalue weighted by Gasteiger charge is -2.17. The predicted molar refractivity (Wildman–Crippen MR) is 67.0 cm³/mol. The Morgan fingerprint density at radius 3 is 2.53 bits per heavy atom. The van der Waals surface area contributed by atoms with Crippen LogP contribution in [0.4, 0.5) is 13.2 Å². The van der Waals surface area contributed by atoms with Crippen molar-refractivity contribution in [1.29, 1.82) is 0 Å². The topological polar surface area (TPSA) is 51.2 Å². The molecule has 1 atom stereocenters. The van der Waals surface area contributed by atoms with Crippen LogP contribution in [0.25, 0.3) is 0 Å². The van der Waals surface area contributed by atoms with Crippen molar-refractivity contribution in [2.45, 2.75) is 12.2 Å². The molecule has 0 spiro atoms. The third kappa shape index (κ3) is 2.99. The highest BCUT2D eigenvalue weighted by Crippen LogP contribution is 2.37. The van der Waals surface area contributed by atoms with Crippen LogP contribution in [-0.2, 0) is 6.18 Å². The second-order valence-electron chi connectivity index (χ2n) is 3.85. The molecular weight excluding hydrogens is 325 g/mol. The molecule has 3 nitrogen and oxygen atoms in total. The molecule has 0 bridgehead atoms. The molecule has 19 heavy (non-hydrogen) atoms. The minimum Gasteiger partial charge on any atom is -0.467 e. The molecule has 0 aliphatic heterocycles. The summed E-state index contributed by atoms with van der Waals surface area (Å²) in [5.74, 6) is 5.83. The van der Waals surface area contributed by atoms with Gasteiger partial charge in [0.1, 0.15) is 11.8 Å². The number of halogens is 4. The number of nitrogens with one attached hydrogen (secondary N) is 1. The van der Waals surface area contributed by atoms with Crippen LogP contribution in [0.5, 0.6) is 0 Å². The maximum atomic E-state index is 12.8. The fourth-order valence-electron chi connectivity index (χ4n) is 1.74. The number of rotatable bonds is 3. The zero-order valence-corrected chi connectivity index (χ0v) is 11.1. The quantitative estimate of drug-likeness (QED) is 0.665. The SMILES string of the molecule is NNC(c1ccc(Br)c(C(F)(F)F)c1)c1ccco1. The third-order valence-corrected chi connectivity index (χ3v) is 3.32. The van der Waals surface area contributed by atoms with E-state index in [9.17, 15) is 13.2 Å². The standard InChI is InChI=1S/C12H10BrF3N2O/c13-9-4-3-7(6-8(9)12(14,15)16)11(18-17)10-2-1-5-19-10/h1-6,11,18H,17H2. The van der Waals surface area contributed by atoms with Crippen LogP contribution >= 0.6 is 15.9 Å². The molecule has 2 rings (SSSR count). The van der Waals surface area contributed by atoms with Crippen molar-refractivity contribution in [1.82, 2.24) is 5.43 Å². The lowest BCUT2D eigenvalue weighted by molar-refractivity contribution is -0.138. The highest BCUT2D eigenvalue weighted by molar-refractivity contribution is 9.10. The number of alkyl halides is 3. The van der Waals surface area contributed by atoms with Crippen molar-refractivity contribution in [2.24, 2.45) is 5.84 Å². The van der Waals surface area contributed by atoms with Gasteiger partial charge in [-0.25, -0.2) is 5.43 Å². The Labute approximate surface area is 115 Å². The van der Waals surface area contributed by atoms with Gasteiger partial charge in [0.25, 0.3) is 0 Å². The molecule has 1 aromatic carbocycles. The third-order valence-electron chi connectivity index (χ3n) is 2.62. The van der Waals surface area contributed by atoms with Gasteiger partial charge in [-0.05, 0) is 29.8 Å². The first-order chi connectivity index (χ1) is 8.93. The predicted octanol–water partition coefficient (Wildman–Crippen LogP) is 3.61. The summed E-state index contributed by atoms with van der Waals surface area (Å²) in [6.07, 6.45) is -3.00. The van der Waals surface area contributed by atoms with E-state index in [0.29, 0.717) is 11.3 Å². The molecule has 1 unspecified atom stereocenters. The molecular formula is C12H10BrF3N2O. The van der Waals surface area contributed by atoms with Crippen molar-refractivity contribution in [3.8, 4) is 0 Å². The summed E-state index contributed by atoms with van der Waals surface area (Å²) in [4.78, 5) is 0. The van der Waals surface area contributed by atoms with Gasteiger partial charge in [-0.3, -0.25) is 5.84 Å². The molecule has 0 amide bonds. The van der Waals surface area contributed by atoms with E-state index in [-0.39, 0.29) is 4.47 Å². The Hall–Kier alpha value is -1.31. The summed E-state index contributed by atoms with van der Waals surface area (Å²) in [5.41, 5.74) is 2.06. The van der Waals surface area contributed by atoms with Crippen molar-refractivity contribution in [3.05, 3.63) is 58.0 Å². The zero-order valence-electron chi connectivity index (χ0n) is 9.54. The van der Waals surface area contributed by atoms with Crippen LogP contribution in [0.15, 0.2) is 45.5 Å². The maximum absolute atomic E-state index is 12.8. The van der Waals surface area contributed by atoms with Gasteiger partial charge in [-0.15, -0.1) is 0 Å². The molecule has 0 aliphatic carbocycles. The van der Waals surface area contributed by atoms with Gasteiger partial charge in [0.05, 0.1) is 11.8 Å². The Morgan fingerprint density at radius 1 is 1.26 bits per heavy atom. The molecule has 7 heteroatoms. The lowest BCUT2D eigenvalue weighted by Crippen LogP contribution is -2.28. The van der Waals surface area contributed by atoms with Crippen LogP contribution in [0, 0.1) is 0 Å². The van der Waals surface area contributed by atoms with Crippen LogP contribution in [-0.4, -0.2) is 0 Å². The molecule has 0 saturated heterocycles. The monoisotopic (exact) mass is 334 g/mol. The number of hydrogen-bond acceptors (Lipinski definition) is 3. The summed E-state index contributed by atoms with van der Waals surface area (Å²) in [6.45, 7) is 0. The highest BCUT2D eigenvalue weighted by atomic mass is 79.9. The molecule has 0 fully saturated rings. The average Bonchev–Trinajstić information content (AvgIpc) is 2.84. The van der Waals surface area contributed by atoms with Crippen LogP contribution in [0.3, 0.4) is 0 Å². The fourth-order valence-corrected chi connectivity index (χ4v) is 2.21. The fraction of sp³-hybridized carbons (Fsp3) is 0.167. The van der Waals surface area contributed by atoms with Crippen molar-refractivity contribution < 1.29 is 17.6 Å². The van der Waals surface area contributed by atoms with Gasteiger partial charge in [-0.2, -0.15) is 13.2 Å². The molecule has 0 aliphatic rings. The van der Waals surface area contributed by atoms with Crippen LogP contribution in [0.1, 0.15) is 22.9 Å². The van der Waals surface area contributed by atoms with Gasteiger partial charge < -0.3 is 4.42 Å². The summed E-state index contributed by atoms with van der Waals surface area (Å²) >= 11 is 2.89. The van der Waals surface area contributed by atoms with E-state index >= 15 is 0 Å². The van der Waals surface area contributed by atoms with Gasteiger partial charge in [0, 0.05) is 4.47 Å². The first kappa shape index (κ1) is 14.1. The molecule has 0 saturated carbocycles. The summed E-state index contributed by atoms with van der Waals surface area (Å²) < 4.78 is 43.6. The molecule has 1 aromatic heterocycles. The smallest absolute Gasteiger partial charge is 0.417 e. The summed E-state index contributed by atoms with van der Waals surface area (Å²) in [5, 5.41) is 0. The number of hydrazine groups is 1. The van der Waals surface area contributed by atoms with E-state index in [1.807, 2.05) is 0 Å². The second kappa shape index (κ2) is 5.36. The van der Waals surface area contributed by atoms with Crippen LogP contribution < -0.4 is 11.3 Å². The number of furan rings is 1. The van der Waals surface area contributed by atoms with Gasteiger partial charge in [0.2, 0.25) is 0 Å². The Morgan fingerprint density at radius 2 is 2.00 bits per heavy atom. The van der Waals surface area contributed by atoms with Crippen molar-refractivity contribution >= 4 is 15.9 Å². The van der Waals surface area contributed by atoms with E-state index in [4.69, 9.17) is 10.3 Å². The second-order valence-corrected chi connectivity index (χ2v) is 4.71. The largest absolute Gasteiger partial charge is 0.467 e. The summed E-state index contributed by atoms with van der Waals surface area (Å²) in [6, 6.07) is 6.57. The van der Waals surface area contributed by atoms with E-state index in [1.54, 1.807) is 18.2 Å². The Balaban J connectivity index is 2.45. The number of hydrogen-bond donors (Lipinski definition) is 2. The number of benzene rings is 1. The van der Waals surface area contributed by atoms with Crippen molar-refractivity contribution in [3.63, 3.8) is 0 Å². The Bertz CT molecular complexity index is 555. The first-order valence-electron chi connectivity index (χ1n) is 5.29. The molecule has 0 radical (unpaired) electrons. The van der Waals surface area contributed by atoms with E-state index in [0.717, 1.165) is 6.07 Å². The molecule has 3 N–H and O–H groups in total. The van der Waals surface area contributed by atoms with Gasteiger partial charge in [0.15, 0.2) is 0 Å². The molecule has 2 aromatic rings. The molecule has 1 heterocycles. The number of nitrogens with two attached hydrogens (primary N) is 1.